The van der Waals surface area contributed by atoms with Crippen molar-refractivity contribution in [2.24, 2.45) is 11.7 Å². The van der Waals surface area contributed by atoms with Crippen molar-refractivity contribution in [2.75, 3.05) is 45.8 Å². The maximum Gasteiger partial charge on any atom is 0.237 e. The first kappa shape index (κ1) is 18.4. The molecule has 124 valence electrons. The van der Waals surface area contributed by atoms with E-state index in [-0.39, 0.29) is 11.9 Å². The van der Waals surface area contributed by atoms with Gasteiger partial charge >= 0.3 is 0 Å². The summed E-state index contributed by atoms with van der Waals surface area (Å²) < 4.78 is 0. The van der Waals surface area contributed by atoms with Crippen molar-refractivity contribution >= 4 is 5.91 Å². The highest BCUT2D eigenvalue weighted by Gasteiger charge is 2.23. The van der Waals surface area contributed by atoms with Crippen molar-refractivity contribution in [3.8, 4) is 0 Å². The van der Waals surface area contributed by atoms with E-state index >= 15 is 0 Å². The number of carbonyl (C=O) groups excluding carboxylic acids is 1. The number of nitrogens with one attached hydrogen (secondary N) is 1. The summed E-state index contributed by atoms with van der Waals surface area (Å²) in [7, 11) is 0. The first-order valence-corrected chi connectivity index (χ1v) is 8.48. The Kier molecular flexibility index (Phi) is 8.88. The zero-order valence-electron chi connectivity index (χ0n) is 14.1. The smallest absolute Gasteiger partial charge is 0.237 e. The Morgan fingerprint density at radius 2 is 1.90 bits per heavy atom. The molecule has 0 bridgehead atoms. The average molecular weight is 298 g/mol. The minimum absolute atomic E-state index is 0.0206. The van der Waals surface area contributed by atoms with E-state index in [4.69, 9.17) is 5.73 Å². The minimum atomic E-state index is -0.0206. The molecule has 0 aliphatic carbocycles. The molecule has 1 atom stereocenters. The largest absolute Gasteiger partial charge is 0.354 e. The van der Waals surface area contributed by atoms with Gasteiger partial charge < -0.3 is 16.0 Å². The van der Waals surface area contributed by atoms with E-state index in [1.807, 2.05) is 6.92 Å². The molecule has 21 heavy (non-hydrogen) atoms. The van der Waals surface area contributed by atoms with Crippen LogP contribution >= 0.6 is 0 Å². The molecule has 1 fully saturated rings. The quantitative estimate of drug-likeness (QED) is 0.654. The summed E-state index contributed by atoms with van der Waals surface area (Å²) in [5, 5.41) is 3.04. The number of hydrogen-bond acceptors (Lipinski definition) is 4. The first-order valence-electron chi connectivity index (χ1n) is 8.48. The molecule has 1 amide bonds. The SMILES string of the molecule is CC(C)CNC(=O)C(C)N1CCCN(CCCCN)CC1. The number of carbonyl (C=O) groups is 1. The highest BCUT2D eigenvalue weighted by Crippen LogP contribution is 2.08. The van der Waals surface area contributed by atoms with Gasteiger partial charge in [0.2, 0.25) is 5.91 Å². The number of nitrogens with zero attached hydrogens (tertiary/aromatic N) is 2. The van der Waals surface area contributed by atoms with Gasteiger partial charge in [-0.3, -0.25) is 9.69 Å². The summed E-state index contributed by atoms with van der Waals surface area (Å²) in [6.45, 7) is 13.2. The molecule has 5 nitrogen and oxygen atoms in total. The molecule has 1 unspecified atom stereocenters. The van der Waals surface area contributed by atoms with Crippen molar-refractivity contribution in [2.45, 2.75) is 46.1 Å². The van der Waals surface area contributed by atoms with Crippen molar-refractivity contribution in [3.05, 3.63) is 0 Å². The molecule has 1 aliphatic heterocycles. The third-order valence-corrected chi connectivity index (χ3v) is 4.16. The van der Waals surface area contributed by atoms with E-state index in [9.17, 15) is 4.79 Å². The van der Waals surface area contributed by atoms with E-state index in [1.165, 1.54) is 6.42 Å². The Morgan fingerprint density at radius 3 is 2.57 bits per heavy atom. The van der Waals surface area contributed by atoms with Crippen molar-refractivity contribution in [1.82, 2.24) is 15.1 Å². The summed E-state index contributed by atoms with van der Waals surface area (Å²) in [4.78, 5) is 17.0. The van der Waals surface area contributed by atoms with Crippen LogP contribution in [0.3, 0.4) is 0 Å². The zero-order valence-corrected chi connectivity index (χ0v) is 14.1. The third kappa shape index (κ3) is 7.25. The fourth-order valence-electron chi connectivity index (χ4n) is 2.70. The molecular weight excluding hydrogens is 264 g/mol. The van der Waals surface area contributed by atoms with Gasteiger partial charge in [0.05, 0.1) is 6.04 Å². The molecule has 5 heteroatoms. The molecular formula is C16H34N4O. The predicted octanol–water partition coefficient (Wildman–Crippen LogP) is 0.894. The van der Waals surface area contributed by atoms with Crippen LogP contribution in [0.2, 0.25) is 0 Å². The van der Waals surface area contributed by atoms with Crippen molar-refractivity contribution in [1.29, 1.82) is 0 Å². The molecule has 1 rings (SSSR count). The molecule has 0 aromatic heterocycles. The van der Waals surface area contributed by atoms with E-state index in [0.29, 0.717) is 5.92 Å². The average Bonchev–Trinajstić information content (AvgIpc) is 2.70. The second-order valence-corrected chi connectivity index (χ2v) is 6.54. The molecule has 1 heterocycles. The maximum atomic E-state index is 12.2. The molecule has 1 saturated heterocycles. The monoisotopic (exact) mass is 298 g/mol. The van der Waals surface area contributed by atoms with E-state index in [2.05, 4.69) is 29.0 Å². The van der Waals surface area contributed by atoms with Gasteiger partial charge in [-0.2, -0.15) is 0 Å². The number of hydrogen-bond donors (Lipinski definition) is 2. The van der Waals surface area contributed by atoms with Gasteiger partial charge in [-0.15, -0.1) is 0 Å². The highest BCUT2D eigenvalue weighted by molar-refractivity contribution is 5.81. The molecule has 0 spiro atoms. The highest BCUT2D eigenvalue weighted by atomic mass is 16.2. The van der Waals surface area contributed by atoms with Crippen LogP contribution in [0, 0.1) is 5.92 Å². The normalized spacial score (nSPS) is 19.5. The van der Waals surface area contributed by atoms with Gasteiger partial charge in [-0.1, -0.05) is 13.8 Å². The van der Waals surface area contributed by atoms with Crippen LogP contribution in [0.25, 0.3) is 0 Å². The van der Waals surface area contributed by atoms with Gasteiger partial charge in [0, 0.05) is 26.2 Å². The van der Waals surface area contributed by atoms with Gasteiger partial charge in [0.15, 0.2) is 0 Å². The summed E-state index contributed by atoms with van der Waals surface area (Å²) in [5.41, 5.74) is 5.55. The Morgan fingerprint density at radius 1 is 1.14 bits per heavy atom. The van der Waals surface area contributed by atoms with Gasteiger partial charge in [-0.05, 0) is 51.7 Å². The lowest BCUT2D eigenvalue weighted by molar-refractivity contribution is -0.126. The number of rotatable bonds is 8. The van der Waals surface area contributed by atoms with Crippen molar-refractivity contribution < 1.29 is 4.79 Å². The lowest BCUT2D eigenvalue weighted by Gasteiger charge is -2.27. The van der Waals surface area contributed by atoms with Crippen LogP contribution in [0.5, 0.6) is 0 Å². The van der Waals surface area contributed by atoms with E-state index in [1.54, 1.807) is 0 Å². The Labute approximate surface area is 130 Å². The molecule has 1 aliphatic rings. The minimum Gasteiger partial charge on any atom is -0.354 e. The van der Waals surface area contributed by atoms with Crippen LogP contribution in [0.15, 0.2) is 0 Å². The Bertz CT molecular complexity index is 296. The lowest BCUT2D eigenvalue weighted by atomic mass is 10.2. The fourth-order valence-corrected chi connectivity index (χ4v) is 2.70. The number of nitrogens with two attached hydrogens (primary N) is 1. The van der Waals surface area contributed by atoms with Crippen molar-refractivity contribution in [3.63, 3.8) is 0 Å². The van der Waals surface area contributed by atoms with Gasteiger partial charge in [-0.25, -0.2) is 0 Å². The predicted molar refractivity (Wildman–Crippen MR) is 88.2 cm³/mol. The maximum absolute atomic E-state index is 12.2. The van der Waals surface area contributed by atoms with Crippen LogP contribution in [-0.2, 0) is 4.79 Å². The van der Waals surface area contributed by atoms with Crippen LogP contribution in [0.4, 0.5) is 0 Å². The molecule has 0 saturated carbocycles. The summed E-state index contributed by atoms with van der Waals surface area (Å²) in [6.07, 6.45) is 3.43. The Hall–Kier alpha value is -0.650. The second kappa shape index (κ2) is 10.1. The second-order valence-electron chi connectivity index (χ2n) is 6.54. The summed E-state index contributed by atoms with van der Waals surface area (Å²) in [6, 6.07) is -0.0206. The standard InChI is InChI=1S/C16H34N4O/c1-14(2)13-18-16(21)15(3)20-10-6-9-19(11-12-20)8-5-4-7-17/h14-15H,4-13,17H2,1-3H3,(H,18,21). The number of amides is 1. The molecule has 0 radical (unpaired) electrons. The first-order chi connectivity index (χ1) is 10.0. The topological polar surface area (TPSA) is 61.6 Å². The zero-order chi connectivity index (χ0) is 15.7. The third-order valence-electron chi connectivity index (χ3n) is 4.16. The summed E-state index contributed by atoms with van der Waals surface area (Å²) >= 11 is 0. The number of unbranched alkanes of at least 4 members (excludes halogenated alkanes) is 1. The summed E-state index contributed by atoms with van der Waals surface area (Å²) in [5.74, 6) is 0.670. The van der Waals surface area contributed by atoms with Gasteiger partial charge in [0.25, 0.3) is 0 Å². The Balaban J connectivity index is 2.34. The molecule has 3 N–H and O–H groups in total. The van der Waals surface area contributed by atoms with E-state index < -0.39 is 0 Å². The lowest BCUT2D eigenvalue weighted by Crippen LogP contribution is -2.47. The van der Waals surface area contributed by atoms with Crippen LogP contribution < -0.4 is 11.1 Å². The van der Waals surface area contributed by atoms with Gasteiger partial charge in [0.1, 0.15) is 0 Å². The van der Waals surface area contributed by atoms with E-state index in [0.717, 1.165) is 58.7 Å². The molecule has 0 aromatic carbocycles. The van der Waals surface area contributed by atoms with Crippen LogP contribution in [-0.4, -0.2) is 67.6 Å². The fraction of sp³-hybridized carbons (Fsp3) is 0.938. The molecule has 0 aromatic rings. The van der Waals surface area contributed by atoms with Crippen LogP contribution in [0.1, 0.15) is 40.0 Å².